The summed E-state index contributed by atoms with van der Waals surface area (Å²) >= 11 is 0. The lowest BCUT2D eigenvalue weighted by atomic mass is 9.94. The van der Waals surface area contributed by atoms with Gasteiger partial charge in [0.05, 0.1) is 17.3 Å². The number of aromatic nitrogens is 1. The zero-order valence-electron chi connectivity index (χ0n) is 13.5. The first-order valence-corrected chi connectivity index (χ1v) is 7.92. The van der Waals surface area contributed by atoms with Gasteiger partial charge in [0.2, 0.25) is 11.8 Å². The molecule has 4 rings (SSSR count). The van der Waals surface area contributed by atoms with Crippen LogP contribution < -0.4 is 5.43 Å². The minimum absolute atomic E-state index is 0.0519. The molecule has 6 heteroatoms. The first-order chi connectivity index (χ1) is 12.1. The highest BCUT2D eigenvalue weighted by Crippen LogP contribution is 2.26. The molecule has 1 atom stereocenters. The summed E-state index contributed by atoms with van der Waals surface area (Å²) in [5.41, 5.74) is 7.09. The summed E-state index contributed by atoms with van der Waals surface area (Å²) in [6, 6.07) is 14.9. The van der Waals surface area contributed by atoms with Crippen LogP contribution in [0, 0.1) is 17.2 Å². The Labute approximate surface area is 143 Å². The standard InChI is InChI=1S/C19H14N4O2/c1-11-8-17(24)22-23-18(11)14-6-7-16-15(9-14)21-19(25-16)13-4-2-12(10-20)3-5-13/h2-7,9,11H,8H2,1H3,(H,22,24). The van der Waals surface area contributed by atoms with Crippen LogP contribution in [0.2, 0.25) is 0 Å². The van der Waals surface area contributed by atoms with Gasteiger partial charge < -0.3 is 4.42 Å². The summed E-state index contributed by atoms with van der Waals surface area (Å²) < 4.78 is 5.81. The van der Waals surface area contributed by atoms with Crippen molar-refractivity contribution >= 4 is 22.7 Å². The molecular formula is C19H14N4O2. The largest absolute Gasteiger partial charge is 0.436 e. The van der Waals surface area contributed by atoms with Gasteiger partial charge in [0.1, 0.15) is 5.52 Å². The highest BCUT2D eigenvalue weighted by atomic mass is 16.3. The van der Waals surface area contributed by atoms with Gasteiger partial charge in [0.25, 0.3) is 0 Å². The molecule has 2 heterocycles. The zero-order valence-corrected chi connectivity index (χ0v) is 13.5. The van der Waals surface area contributed by atoms with Crippen LogP contribution in [0.5, 0.6) is 0 Å². The molecule has 6 nitrogen and oxygen atoms in total. The number of carbonyl (C=O) groups excluding carboxylic acids is 1. The van der Waals surface area contributed by atoms with E-state index in [1.54, 1.807) is 12.1 Å². The highest BCUT2D eigenvalue weighted by Gasteiger charge is 2.22. The lowest BCUT2D eigenvalue weighted by molar-refractivity contribution is -0.121. The van der Waals surface area contributed by atoms with Gasteiger partial charge in [-0.1, -0.05) is 6.92 Å². The number of hydrogen-bond acceptors (Lipinski definition) is 5. The first-order valence-electron chi connectivity index (χ1n) is 7.92. The maximum absolute atomic E-state index is 11.4. The van der Waals surface area contributed by atoms with Crippen LogP contribution in [0.3, 0.4) is 0 Å². The number of nitriles is 1. The summed E-state index contributed by atoms with van der Waals surface area (Å²) in [5.74, 6) is 0.488. The van der Waals surface area contributed by atoms with Crippen molar-refractivity contribution in [2.24, 2.45) is 11.0 Å². The predicted molar refractivity (Wildman–Crippen MR) is 92.6 cm³/mol. The molecule has 1 aromatic heterocycles. The molecule has 0 saturated heterocycles. The maximum atomic E-state index is 11.4. The van der Waals surface area contributed by atoms with Crippen LogP contribution >= 0.6 is 0 Å². The van der Waals surface area contributed by atoms with Crippen molar-refractivity contribution in [2.75, 3.05) is 0 Å². The number of fused-ring (bicyclic) bond motifs is 1. The van der Waals surface area contributed by atoms with Gasteiger partial charge >= 0.3 is 0 Å². The van der Waals surface area contributed by atoms with Crippen LogP contribution in [0.25, 0.3) is 22.6 Å². The number of carbonyl (C=O) groups is 1. The Bertz CT molecular complexity index is 1040. The Balaban J connectivity index is 1.72. The predicted octanol–water partition coefficient (Wildman–Crippen LogP) is 3.23. The minimum atomic E-state index is -0.0677. The van der Waals surface area contributed by atoms with Crippen molar-refractivity contribution in [1.29, 1.82) is 5.26 Å². The fourth-order valence-corrected chi connectivity index (χ4v) is 2.90. The zero-order chi connectivity index (χ0) is 17.4. The Morgan fingerprint density at radius 2 is 1.96 bits per heavy atom. The van der Waals surface area contributed by atoms with Crippen molar-refractivity contribution in [2.45, 2.75) is 13.3 Å². The quantitative estimate of drug-likeness (QED) is 0.781. The van der Waals surface area contributed by atoms with Gasteiger partial charge in [-0.3, -0.25) is 4.79 Å². The number of hydrazone groups is 1. The van der Waals surface area contributed by atoms with Crippen LogP contribution in [-0.4, -0.2) is 16.6 Å². The van der Waals surface area contributed by atoms with Gasteiger partial charge in [0.15, 0.2) is 5.58 Å². The molecule has 0 saturated carbocycles. The molecule has 2 aromatic carbocycles. The number of nitrogens with zero attached hydrogens (tertiary/aromatic N) is 3. The third-order valence-corrected chi connectivity index (χ3v) is 4.20. The number of nitrogens with one attached hydrogen (secondary N) is 1. The smallest absolute Gasteiger partial charge is 0.240 e. The first kappa shape index (κ1) is 15.1. The molecule has 3 aromatic rings. The van der Waals surface area contributed by atoms with E-state index in [9.17, 15) is 4.79 Å². The summed E-state index contributed by atoms with van der Waals surface area (Å²) in [6.07, 6.45) is 0.423. The average molecular weight is 330 g/mol. The molecule has 1 N–H and O–H groups in total. The lowest BCUT2D eigenvalue weighted by Crippen LogP contribution is -2.31. The highest BCUT2D eigenvalue weighted by molar-refractivity contribution is 6.07. The molecule has 0 bridgehead atoms. The number of benzene rings is 2. The van der Waals surface area contributed by atoms with Crippen molar-refractivity contribution in [3.8, 4) is 17.5 Å². The molecule has 0 aliphatic carbocycles. The lowest BCUT2D eigenvalue weighted by Gasteiger charge is -2.18. The Morgan fingerprint density at radius 3 is 2.68 bits per heavy atom. The van der Waals surface area contributed by atoms with E-state index in [0.29, 0.717) is 23.5 Å². The fraction of sp³-hybridized carbons (Fsp3) is 0.158. The number of hydrogen-bond donors (Lipinski definition) is 1. The van der Waals surface area contributed by atoms with E-state index < -0.39 is 0 Å². The molecule has 0 fully saturated rings. The summed E-state index contributed by atoms with van der Waals surface area (Å²) in [7, 11) is 0. The fourth-order valence-electron chi connectivity index (χ4n) is 2.90. The van der Waals surface area contributed by atoms with Crippen LogP contribution in [0.1, 0.15) is 24.5 Å². The number of amides is 1. The molecule has 0 spiro atoms. The van der Waals surface area contributed by atoms with Crippen molar-refractivity contribution < 1.29 is 9.21 Å². The van der Waals surface area contributed by atoms with Crippen LogP contribution in [0.15, 0.2) is 52.0 Å². The van der Waals surface area contributed by atoms with E-state index in [1.807, 2.05) is 37.3 Å². The van der Waals surface area contributed by atoms with Crippen molar-refractivity contribution in [3.05, 3.63) is 53.6 Å². The number of oxazole rings is 1. The molecule has 1 aliphatic rings. The molecule has 1 aliphatic heterocycles. The monoisotopic (exact) mass is 330 g/mol. The van der Waals surface area contributed by atoms with E-state index in [2.05, 4.69) is 21.6 Å². The van der Waals surface area contributed by atoms with Crippen LogP contribution in [-0.2, 0) is 4.79 Å². The minimum Gasteiger partial charge on any atom is -0.436 e. The molecule has 122 valence electrons. The Morgan fingerprint density at radius 1 is 1.20 bits per heavy atom. The van der Waals surface area contributed by atoms with Gasteiger partial charge in [-0.2, -0.15) is 10.4 Å². The van der Waals surface area contributed by atoms with E-state index in [4.69, 9.17) is 9.68 Å². The number of rotatable bonds is 2. The molecule has 1 amide bonds. The molecular weight excluding hydrogens is 316 g/mol. The topological polar surface area (TPSA) is 91.3 Å². The second kappa shape index (κ2) is 5.87. The third kappa shape index (κ3) is 2.76. The van der Waals surface area contributed by atoms with E-state index in [0.717, 1.165) is 22.4 Å². The van der Waals surface area contributed by atoms with E-state index in [1.165, 1.54) is 0 Å². The second-order valence-corrected chi connectivity index (χ2v) is 6.03. The average Bonchev–Trinajstić information content (AvgIpc) is 3.05. The summed E-state index contributed by atoms with van der Waals surface area (Å²) in [6.45, 7) is 1.98. The van der Waals surface area contributed by atoms with Crippen LogP contribution in [0.4, 0.5) is 0 Å². The summed E-state index contributed by atoms with van der Waals surface area (Å²) in [4.78, 5) is 15.9. The molecule has 25 heavy (non-hydrogen) atoms. The summed E-state index contributed by atoms with van der Waals surface area (Å²) in [5, 5.41) is 13.1. The second-order valence-electron chi connectivity index (χ2n) is 6.03. The third-order valence-electron chi connectivity index (χ3n) is 4.20. The van der Waals surface area contributed by atoms with E-state index in [-0.39, 0.29) is 11.8 Å². The van der Waals surface area contributed by atoms with Crippen molar-refractivity contribution in [3.63, 3.8) is 0 Å². The SMILES string of the molecule is CC1CC(=O)NN=C1c1ccc2oc(-c3ccc(C#N)cc3)nc2c1. The van der Waals surface area contributed by atoms with E-state index >= 15 is 0 Å². The van der Waals surface area contributed by atoms with Gasteiger partial charge in [-0.25, -0.2) is 10.4 Å². The van der Waals surface area contributed by atoms with Crippen molar-refractivity contribution in [1.82, 2.24) is 10.4 Å². The normalized spacial score (nSPS) is 17.0. The Kier molecular flexibility index (Phi) is 3.55. The molecule has 1 unspecified atom stereocenters. The maximum Gasteiger partial charge on any atom is 0.240 e. The molecule has 0 radical (unpaired) electrons. The van der Waals surface area contributed by atoms with Gasteiger partial charge in [0, 0.05) is 23.5 Å². The van der Waals surface area contributed by atoms with Gasteiger partial charge in [-0.15, -0.1) is 0 Å². The van der Waals surface area contributed by atoms with Gasteiger partial charge in [-0.05, 0) is 42.5 Å². The Hall–Kier alpha value is -3.46.